The first-order chi connectivity index (χ1) is 14.2. The molecule has 0 spiro atoms. The third-order valence-corrected chi connectivity index (χ3v) is 6.78. The van der Waals surface area contributed by atoms with Gasteiger partial charge in [-0.25, -0.2) is 4.39 Å². The van der Waals surface area contributed by atoms with E-state index in [1.807, 2.05) is 26.0 Å². The van der Waals surface area contributed by atoms with Crippen LogP contribution in [0.3, 0.4) is 0 Å². The van der Waals surface area contributed by atoms with Gasteiger partial charge in [0.25, 0.3) is 5.88 Å². The lowest BCUT2D eigenvalue weighted by atomic mass is 9.75. The minimum Gasteiger partial charge on any atom is -0.470 e. The number of piperidine rings is 1. The first-order valence-electron chi connectivity index (χ1n) is 10.4. The molecule has 2 aromatic rings. The Labute approximate surface area is 193 Å². The molecule has 0 radical (unpaired) electrons. The summed E-state index contributed by atoms with van der Waals surface area (Å²) in [6.45, 7) is 12.0. The summed E-state index contributed by atoms with van der Waals surface area (Å²) in [6.07, 6.45) is 0.630. The van der Waals surface area contributed by atoms with E-state index in [0.29, 0.717) is 18.8 Å². The highest BCUT2D eigenvalue weighted by Crippen LogP contribution is 2.40. The van der Waals surface area contributed by atoms with E-state index in [1.165, 1.54) is 28.9 Å². The molecule has 0 bridgehead atoms. The average molecular weight is 472 g/mol. The number of benzene rings is 1. The van der Waals surface area contributed by atoms with Crippen LogP contribution in [0.1, 0.15) is 34.1 Å². The molecular weight excluding hydrogens is 441 g/mol. The monoisotopic (exact) mass is 471 g/mol. The molecule has 7 nitrogen and oxygen atoms in total. The number of rotatable bonds is 4. The van der Waals surface area contributed by atoms with Crippen molar-refractivity contribution < 1.29 is 14.3 Å². The minimum atomic E-state index is -0.357. The van der Waals surface area contributed by atoms with E-state index in [9.17, 15) is 9.60 Å². The number of nitrogens with zero attached hydrogens (tertiary/aromatic N) is 5. The SMILES string of the molecule is CC1(C)CN(O)C(C)(C)CC1Oc1nsnc1N1CCN(c2ccc(F)cc2)CC1.Cl. The molecule has 1 atom stereocenters. The molecule has 0 amide bonds. The predicted molar refractivity (Wildman–Crippen MR) is 123 cm³/mol. The van der Waals surface area contributed by atoms with Crippen LogP contribution in [0.15, 0.2) is 24.3 Å². The molecule has 2 saturated heterocycles. The molecular formula is C21H31ClFN5O2S. The topological polar surface area (TPSA) is 65.0 Å². The van der Waals surface area contributed by atoms with Gasteiger partial charge < -0.3 is 19.7 Å². The maximum absolute atomic E-state index is 13.2. The van der Waals surface area contributed by atoms with Crippen molar-refractivity contribution >= 4 is 35.6 Å². The summed E-state index contributed by atoms with van der Waals surface area (Å²) in [5, 5.41) is 11.7. The van der Waals surface area contributed by atoms with Crippen LogP contribution in [0.25, 0.3) is 0 Å². The van der Waals surface area contributed by atoms with Crippen LogP contribution in [-0.2, 0) is 0 Å². The number of hydrogen-bond donors (Lipinski definition) is 1. The third kappa shape index (κ3) is 5.05. The summed E-state index contributed by atoms with van der Waals surface area (Å²) < 4.78 is 28.6. The molecule has 2 aliphatic rings. The van der Waals surface area contributed by atoms with E-state index in [4.69, 9.17) is 4.74 Å². The lowest BCUT2D eigenvalue weighted by Crippen LogP contribution is -2.59. The number of hydrogen-bond acceptors (Lipinski definition) is 8. The Balaban J connectivity index is 0.00000272. The van der Waals surface area contributed by atoms with Gasteiger partial charge in [-0.05, 0) is 38.1 Å². The van der Waals surface area contributed by atoms with E-state index in [2.05, 4.69) is 32.4 Å². The van der Waals surface area contributed by atoms with Crippen LogP contribution < -0.4 is 14.5 Å². The van der Waals surface area contributed by atoms with Crippen molar-refractivity contribution in [1.29, 1.82) is 0 Å². The Morgan fingerprint density at radius 2 is 1.65 bits per heavy atom. The zero-order valence-electron chi connectivity index (χ0n) is 18.4. The van der Waals surface area contributed by atoms with Crippen LogP contribution in [-0.4, -0.2) is 63.4 Å². The molecule has 0 aliphatic carbocycles. The fraction of sp³-hybridized carbons (Fsp3) is 0.619. The Morgan fingerprint density at radius 1 is 1.03 bits per heavy atom. The molecule has 2 fully saturated rings. The molecule has 10 heteroatoms. The lowest BCUT2D eigenvalue weighted by Gasteiger charge is -2.49. The molecule has 1 unspecified atom stereocenters. The molecule has 172 valence electrons. The molecule has 31 heavy (non-hydrogen) atoms. The molecule has 3 heterocycles. The summed E-state index contributed by atoms with van der Waals surface area (Å²) in [6, 6.07) is 6.64. The van der Waals surface area contributed by atoms with Crippen LogP contribution in [0.2, 0.25) is 0 Å². The van der Waals surface area contributed by atoms with Gasteiger partial charge in [0, 0.05) is 55.8 Å². The summed E-state index contributed by atoms with van der Waals surface area (Å²) in [5.41, 5.74) is 0.459. The van der Waals surface area contributed by atoms with E-state index in [-0.39, 0.29) is 35.3 Å². The standard InChI is InChI=1S/C21H30FN5O2S.ClH/c1-20(2)14-27(28)21(3,4)13-17(20)29-19-18(23-30-24-19)26-11-9-25(10-12-26)16-7-5-15(22)6-8-16;/h5-8,17,28H,9-14H2,1-4H3;1H. The summed E-state index contributed by atoms with van der Waals surface area (Å²) in [7, 11) is 0. The van der Waals surface area contributed by atoms with Gasteiger partial charge in [0.05, 0.1) is 11.7 Å². The third-order valence-electron chi connectivity index (χ3n) is 6.28. The second kappa shape index (κ2) is 9.05. The zero-order valence-corrected chi connectivity index (χ0v) is 20.0. The van der Waals surface area contributed by atoms with Gasteiger partial charge in [0.15, 0.2) is 0 Å². The second-order valence-corrected chi connectivity index (χ2v) is 10.0. The van der Waals surface area contributed by atoms with E-state index in [0.717, 1.165) is 37.7 Å². The van der Waals surface area contributed by atoms with Crippen molar-refractivity contribution in [3.8, 4) is 5.88 Å². The largest absolute Gasteiger partial charge is 0.470 e. The highest BCUT2D eigenvalue weighted by Gasteiger charge is 2.46. The highest BCUT2D eigenvalue weighted by atomic mass is 35.5. The van der Waals surface area contributed by atoms with Crippen LogP contribution in [0.4, 0.5) is 15.9 Å². The lowest BCUT2D eigenvalue weighted by molar-refractivity contribution is -0.224. The quantitative estimate of drug-likeness (QED) is 0.720. The van der Waals surface area contributed by atoms with Crippen molar-refractivity contribution in [2.75, 3.05) is 42.5 Å². The molecule has 0 saturated carbocycles. The Bertz CT molecular complexity index is 871. The fourth-order valence-corrected chi connectivity index (χ4v) is 4.66. The highest BCUT2D eigenvalue weighted by molar-refractivity contribution is 6.99. The van der Waals surface area contributed by atoms with E-state index < -0.39 is 0 Å². The number of hydroxylamine groups is 2. The van der Waals surface area contributed by atoms with Crippen LogP contribution >= 0.6 is 24.1 Å². The maximum atomic E-state index is 13.2. The number of anilines is 2. The van der Waals surface area contributed by atoms with Crippen molar-refractivity contribution in [3.05, 3.63) is 30.1 Å². The number of halogens is 2. The zero-order chi connectivity index (χ0) is 21.5. The molecule has 2 aliphatic heterocycles. The molecule has 1 aromatic carbocycles. The second-order valence-electron chi connectivity index (χ2n) is 9.51. The smallest absolute Gasteiger partial charge is 0.271 e. The summed E-state index contributed by atoms with van der Waals surface area (Å²) in [5.74, 6) is 1.15. The predicted octanol–water partition coefficient (Wildman–Crippen LogP) is 4.07. The van der Waals surface area contributed by atoms with Crippen molar-refractivity contribution in [3.63, 3.8) is 0 Å². The van der Waals surface area contributed by atoms with Crippen molar-refractivity contribution in [1.82, 2.24) is 13.8 Å². The van der Waals surface area contributed by atoms with Gasteiger partial charge in [0.2, 0.25) is 5.82 Å². The van der Waals surface area contributed by atoms with Gasteiger partial charge in [0.1, 0.15) is 11.9 Å². The van der Waals surface area contributed by atoms with Crippen molar-refractivity contribution in [2.45, 2.75) is 45.8 Å². The maximum Gasteiger partial charge on any atom is 0.271 e. The van der Waals surface area contributed by atoms with E-state index in [1.54, 1.807) is 0 Å². The fourth-order valence-electron chi connectivity index (χ4n) is 4.14. The first kappa shape index (κ1) is 24.0. The van der Waals surface area contributed by atoms with Crippen molar-refractivity contribution in [2.24, 2.45) is 5.41 Å². The van der Waals surface area contributed by atoms with Gasteiger partial charge in [-0.2, -0.15) is 9.44 Å². The van der Waals surface area contributed by atoms with Gasteiger partial charge in [-0.3, -0.25) is 0 Å². The van der Waals surface area contributed by atoms with E-state index >= 15 is 0 Å². The number of aromatic nitrogens is 2. The minimum absolute atomic E-state index is 0. The summed E-state index contributed by atoms with van der Waals surface area (Å²) >= 11 is 1.17. The molecule has 1 aromatic heterocycles. The first-order valence-corrected chi connectivity index (χ1v) is 11.1. The number of piperazine rings is 1. The molecule has 4 rings (SSSR count). The summed E-state index contributed by atoms with van der Waals surface area (Å²) in [4.78, 5) is 4.46. The van der Waals surface area contributed by atoms with Crippen LogP contribution in [0, 0.1) is 11.2 Å². The van der Waals surface area contributed by atoms with Gasteiger partial charge in [-0.15, -0.1) is 16.8 Å². The normalized spacial score (nSPS) is 23.4. The van der Waals surface area contributed by atoms with Gasteiger partial charge >= 0.3 is 0 Å². The van der Waals surface area contributed by atoms with Gasteiger partial charge in [-0.1, -0.05) is 13.8 Å². The number of ether oxygens (including phenoxy) is 1. The molecule has 1 N–H and O–H groups in total. The average Bonchev–Trinajstić information content (AvgIpc) is 3.15. The van der Waals surface area contributed by atoms with Crippen LogP contribution in [0.5, 0.6) is 5.88 Å². The Kier molecular flexibility index (Phi) is 7.00. The Morgan fingerprint density at radius 3 is 2.29 bits per heavy atom. The Hall–Kier alpha value is -1.68.